The monoisotopic (exact) mass is 622 g/mol. The van der Waals surface area contributed by atoms with Crippen molar-refractivity contribution < 1.29 is 57.5 Å². The third-order valence-electron chi connectivity index (χ3n) is 4.45. The van der Waals surface area contributed by atoms with E-state index in [1.807, 2.05) is 5.32 Å². The Kier molecular flexibility index (Phi) is 8.21. The number of carbonyl (C=O) groups is 1. The number of hydrogen-bond donors (Lipinski definition) is 2. The van der Waals surface area contributed by atoms with Crippen molar-refractivity contribution in [3.8, 4) is 0 Å². The van der Waals surface area contributed by atoms with Crippen LogP contribution in [0.4, 0.5) is 64.1 Å². The van der Waals surface area contributed by atoms with Crippen LogP contribution in [-0.4, -0.2) is 36.7 Å². The smallest absolute Gasteiger partial charge is 0.388 e. The van der Waals surface area contributed by atoms with Gasteiger partial charge in [-0.25, -0.2) is 4.39 Å². The molecule has 2 aromatic rings. The molecule has 0 heterocycles. The van der Waals surface area contributed by atoms with E-state index in [1.165, 1.54) is 25.2 Å². The number of halogens is 13. The summed E-state index contributed by atoms with van der Waals surface area (Å²) < 4.78 is 158. The standard InChI is InChI=1S/C19H11BrF12N2OS/c1-33-10-4-2-3-8(5-10)14(35)34-13-11(20)6-9(15(21,16(22,23)24)17(25,26)27)7-12(13)36-19(31,32)18(28,29)30/h2-7,33H,1H3,(H,34,35). The first kappa shape index (κ1) is 29.9. The van der Waals surface area contributed by atoms with Crippen LogP contribution in [0.15, 0.2) is 45.8 Å². The van der Waals surface area contributed by atoms with E-state index in [2.05, 4.69) is 21.2 Å². The SMILES string of the molecule is CNc1cccc(C(=O)Nc2c(Br)cc(C(F)(C(F)(F)F)C(F)(F)F)cc2SC(F)(F)C(F)(F)F)c1. The van der Waals surface area contributed by atoms with Gasteiger partial charge >= 0.3 is 29.5 Å². The number of nitrogens with one attached hydrogen (secondary N) is 2. The first-order chi connectivity index (χ1) is 16.2. The van der Waals surface area contributed by atoms with Crippen LogP contribution in [0.25, 0.3) is 0 Å². The number of thioether (sulfide) groups is 1. The molecule has 0 radical (unpaired) electrons. The summed E-state index contributed by atoms with van der Waals surface area (Å²) in [5.41, 5.74) is -9.42. The minimum Gasteiger partial charge on any atom is -0.388 e. The molecular weight excluding hydrogens is 612 g/mol. The molecular formula is C19H11BrF12N2OS. The predicted molar refractivity (Wildman–Crippen MR) is 110 cm³/mol. The maximum absolute atomic E-state index is 14.5. The summed E-state index contributed by atoms with van der Waals surface area (Å²) in [6.07, 6.45) is -19.7. The van der Waals surface area contributed by atoms with Gasteiger partial charge in [0.1, 0.15) is 0 Å². The molecule has 0 aliphatic rings. The number of benzene rings is 2. The minimum atomic E-state index is -6.68. The van der Waals surface area contributed by atoms with E-state index in [1.54, 1.807) is 0 Å². The summed E-state index contributed by atoms with van der Waals surface area (Å²) in [6.45, 7) is 0. The van der Waals surface area contributed by atoms with Crippen LogP contribution in [0, 0.1) is 0 Å². The Morgan fingerprint density at radius 1 is 0.833 bits per heavy atom. The van der Waals surface area contributed by atoms with Crippen molar-refractivity contribution in [3.05, 3.63) is 52.0 Å². The predicted octanol–water partition coefficient (Wildman–Crippen LogP) is 8.28. The van der Waals surface area contributed by atoms with Gasteiger partial charge in [0.05, 0.1) is 5.69 Å². The minimum absolute atomic E-state index is 0.129. The third kappa shape index (κ3) is 5.81. The fourth-order valence-electron chi connectivity index (χ4n) is 2.67. The Morgan fingerprint density at radius 2 is 1.39 bits per heavy atom. The zero-order chi connectivity index (χ0) is 27.9. The topological polar surface area (TPSA) is 41.1 Å². The van der Waals surface area contributed by atoms with Crippen LogP contribution in [-0.2, 0) is 5.67 Å². The normalized spacial score (nSPS) is 13.5. The van der Waals surface area contributed by atoms with Crippen molar-refractivity contribution >= 4 is 45.0 Å². The second-order valence-electron chi connectivity index (χ2n) is 6.89. The Labute approximate surface area is 206 Å². The lowest BCUT2D eigenvalue weighted by molar-refractivity contribution is -0.348. The highest BCUT2D eigenvalue weighted by atomic mass is 79.9. The van der Waals surface area contributed by atoms with E-state index in [0.717, 1.165) is 6.07 Å². The summed E-state index contributed by atoms with van der Waals surface area (Å²) in [4.78, 5) is 10.9. The van der Waals surface area contributed by atoms with E-state index in [-0.39, 0.29) is 11.6 Å². The van der Waals surface area contributed by atoms with Crippen LogP contribution in [0.1, 0.15) is 15.9 Å². The quantitative estimate of drug-likeness (QED) is 0.252. The Bertz CT molecular complexity index is 1120. The van der Waals surface area contributed by atoms with Gasteiger partial charge in [0.25, 0.3) is 5.91 Å². The molecule has 0 aliphatic carbocycles. The van der Waals surface area contributed by atoms with Crippen molar-refractivity contribution in [2.45, 2.75) is 34.3 Å². The molecule has 0 fully saturated rings. The van der Waals surface area contributed by atoms with Crippen molar-refractivity contribution in [1.29, 1.82) is 0 Å². The molecule has 0 saturated heterocycles. The molecule has 2 aromatic carbocycles. The van der Waals surface area contributed by atoms with Gasteiger partial charge in [-0.05, 0) is 58.0 Å². The molecule has 1 amide bonds. The number of carbonyl (C=O) groups excluding carboxylic acids is 1. The zero-order valence-electron chi connectivity index (χ0n) is 17.2. The van der Waals surface area contributed by atoms with E-state index >= 15 is 0 Å². The van der Waals surface area contributed by atoms with Gasteiger partial charge in [-0.15, -0.1) is 0 Å². The zero-order valence-corrected chi connectivity index (χ0v) is 19.6. The highest BCUT2D eigenvalue weighted by Crippen LogP contribution is 2.56. The summed E-state index contributed by atoms with van der Waals surface area (Å²) in [5, 5.41) is -1.26. The van der Waals surface area contributed by atoms with E-state index < -0.39 is 73.8 Å². The Balaban J connectivity index is 2.75. The highest BCUT2D eigenvalue weighted by molar-refractivity contribution is 9.10. The van der Waals surface area contributed by atoms with Gasteiger partial charge in [0.15, 0.2) is 0 Å². The average Bonchev–Trinajstić information content (AvgIpc) is 2.72. The van der Waals surface area contributed by atoms with Crippen LogP contribution in [0.5, 0.6) is 0 Å². The van der Waals surface area contributed by atoms with Gasteiger partial charge in [0, 0.05) is 33.2 Å². The molecule has 36 heavy (non-hydrogen) atoms. The number of hydrogen-bond acceptors (Lipinski definition) is 3. The van der Waals surface area contributed by atoms with Gasteiger partial charge < -0.3 is 10.6 Å². The lowest BCUT2D eigenvalue weighted by atomic mass is 9.94. The van der Waals surface area contributed by atoms with Gasteiger partial charge in [-0.2, -0.15) is 48.3 Å². The molecule has 0 saturated carbocycles. The molecule has 0 bridgehead atoms. The molecule has 0 unspecified atom stereocenters. The van der Waals surface area contributed by atoms with E-state index in [0.29, 0.717) is 5.69 Å². The fraction of sp³-hybridized carbons (Fsp3) is 0.316. The van der Waals surface area contributed by atoms with Crippen LogP contribution in [0.2, 0.25) is 0 Å². The fourth-order valence-corrected chi connectivity index (χ4v) is 4.20. The number of rotatable bonds is 6. The molecule has 2 N–H and O–H groups in total. The molecule has 0 spiro atoms. The third-order valence-corrected chi connectivity index (χ3v) is 6.11. The molecule has 17 heteroatoms. The van der Waals surface area contributed by atoms with Crippen molar-refractivity contribution in [3.63, 3.8) is 0 Å². The van der Waals surface area contributed by atoms with Crippen LogP contribution < -0.4 is 10.6 Å². The van der Waals surface area contributed by atoms with E-state index in [4.69, 9.17) is 0 Å². The van der Waals surface area contributed by atoms with Gasteiger partial charge in [0.2, 0.25) is 0 Å². The largest absolute Gasteiger partial charge is 0.464 e. The highest BCUT2D eigenvalue weighted by Gasteiger charge is 2.73. The molecule has 2 rings (SSSR count). The maximum atomic E-state index is 14.5. The second kappa shape index (κ2) is 9.87. The maximum Gasteiger partial charge on any atom is 0.464 e. The van der Waals surface area contributed by atoms with Crippen molar-refractivity contribution in [1.82, 2.24) is 0 Å². The summed E-state index contributed by atoms with van der Waals surface area (Å²) in [7, 11) is 1.45. The average molecular weight is 623 g/mol. The number of anilines is 2. The van der Waals surface area contributed by atoms with Crippen LogP contribution >= 0.6 is 27.7 Å². The lowest BCUT2D eigenvalue weighted by Crippen LogP contribution is -2.50. The summed E-state index contributed by atoms with van der Waals surface area (Å²) in [6, 6.07) is 4.55. The Morgan fingerprint density at radius 3 is 1.86 bits per heavy atom. The first-order valence-electron chi connectivity index (χ1n) is 9.05. The van der Waals surface area contributed by atoms with Gasteiger partial charge in [-0.3, -0.25) is 4.79 Å². The molecule has 0 aliphatic heterocycles. The summed E-state index contributed by atoms with van der Waals surface area (Å²) >= 11 is 0.916. The molecule has 3 nitrogen and oxygen atoms in total. The molecule has 200 valence electrons. The lowest BCUT2D eigenvalue weighted by Gasteiger charge is -2.31. The number of amides is 1. The van der Waals surface area contributed by atoms with E-state index in [9.17, 15) is 57.5 Å². The molecule has 0 atom stereocenters. The van der Waals surface area contributed by atoms with Gasteiger partial charge in [-0.1, -0.05) is 6.07 Å². The summed E-state index contributed by atoms with van der Waals surface area (Å²) in [5.74, 6) is -1.18. The van der Waals surface area contributed by atoms with Crippen molar-refractivity contribution in [2.75, 3.05) is 17.7 Å². The first-order valence-corrected chi connectivity index (χ1v) is 10.7. The number of alkyl halides is 12. The molecule has 0 aromatic heterocycles. The van der Waals surface area contributed by atoms with Crippen molar-refractivity contribution in [2.24, 2.45) is 0 Å². The Hall–Kier alpha value is -2.30. The second-order valence-corrected chi connectivity index (χ2v) is 8.90. The van der Waals surface area contributed by atoms with Crippen LogP contribution in [0.3, 0.4) is 0 Å².